The summed E-state index contributed by atoms with van der Waals surface area (Å²) in [6.07, 6.45) is 4.22. The monoisotopic (exact) mass is 276 g/mol. The van der Waals surface area contributed by atoms with E-state index in [1.165, 1.54) is 31.0 Å². The largest absolute Gasteiger partial charge is 0.507 e. The standard InChI is InChI=1S/C15H20N2O3/c1-17(11-7-9-5-6-10(8-11)16-9)15(20)14-12(18)3-2-4-13(14)19/h2-4,9-11,16,18-19H,5-8H2,1H3. The molecule has 1 aromatic carbocycles. The minimum absolute atomic E-state index is 0.000814. The van der Waals surface area contributed by atoms with Crippen LogP contribution in [0, 0.1) is 0 Å². The van der Waals surface area contributed by atoms with Crippen molar-refractivity contribution in [3.8, 4) is 11.5 Å². The van der Waals surface area contributed by atoms with Gasteiger partial charge in [-0.1, -0.05) is 6.07 Å². The average molecular weight is 276 g/mol. The van der Waals surface area contributed by atoms with Crippen LogP contribution in [-0.2, 0) is 0 Å². The number of carbonyl (C=O) groups is 1. The fourth-order valence-corrected chi connectivity index (χ4v) is 3.43. The number of phenols is 2. The zero-order valence-electron chi connectivity index (χ0n) is 11.5. The van der Waals surface area contributed by atoms with E-state index in [2.05, 4.69) is 5.32 Å². The summed E-state index contributed by atoms with van der Waals surface area (Å²) in [5, 5.41) is 23.2. The predicted octanol–water partition coefficient (Wildman–Crippen LogP) is 1.45. The fraction of sp³-hybridized carbons (Fsp3) is 0.533. The Balaban J connectivity index is 1.80. The van der Waals surface area contributed by atoms with Gasteiger partial charge < -0.3 is 20.4 Å². The molecular formula is C15H20N2O3. The number of nitrogens with zero attached hydrogens (tertiary/aromatic N) is 1. The van der Waals surface area contributed by atoms with E-state index >= 15 is 0 Å². The topological polar surface area (TPSA) is 72.8 Å². The summed E-state index contributed by atoms with van der Waals surface area (Å²) in [7, 11) is 1.75. The van der Waals surface area contributed by atoms with Gasteiger partial charge >= 0.3 is 0 Å². The van der Waals surface area contributed by atoms with Crippen molar-refractivity contribution < 1.29 is 15.0 Å². The Kier molecular flexibility index (Phi) is 3.30. The lowest BCUT2D eigenvalue weighted by molar-refractivity contribution is 0.0675. The van der Waals surface area contributed by atoms with Gasteiger partial charge in [0.05, 0.1) is 0 Å². The van der Waals surface area contributed by atoms with Crippen molar-refractivity contribution in [3.05, 3.63) is 23.8 Å². The highest BCUT2D eigenvalue weighted by atomic mass is 16.3. The number of aromatic hydroxyl groups is 2. The smallest absolute Gasteiger partial charge is 0.261 e. The second kappa shape index (κ2) is 4.98. The highest BCUT2D eigenvalue weighted by Crippen LogP contribution is 2.32. The van der Waals surface area contributed by atoms with Gasteiger partial charge in [-0.2, -0.15) is 0 Å². The molecule has 2 aliphatic rings. The first-order valence-electron chi connectivity index (χ1n) is 7.10. The van der Waals surface area contributed by atoms with Crippen LogP contribution in [0.5, 0.6) is 11.5 Å². The van der Waals surface area contributed by atoms with E-state index in [1.807, 2.05) is 0 Å². The Morgan fingerprint density at radius 3 is 2.30 bits per heavy atom. The highest BCUT2D eigenvalue weighted by molar-refractivity contribution is 5.99. The molecule has 3 N–H and O–H groups in total. The van der Waals surface area contributed by atoms with E-state index in [4.69, 9.17) is 0 Å². The molecule has 3 rings (SSSR count). The zero-order valence-corrected chi connectivity index (χ0v) is 11.5. The van der Waals surface area contributed by atoms with Crippen LogP contribution in [0.15, 0.2) is 18.2 Å². The van der Waals surface area contributed by atoms with Crippen LogP contribution in [0.3, 0.4) is 0 Å². The number of hydrogen-bond acceptors (Lipinski definition) is 4. The van der Waals surface area contributed by atoms with E-state index in [9.17, 15) is 15.0 Å². The fourth-order valence-electron chi connectivity index (χ4n) is 3.43. The quantitative estimate of drug-likeness (QED) is 0.764. The van der Waals surface area contributed by atoms with Gasteiger partial charge in [0, 0.05) is 25.2 Å². The molecule has 0 aliphatic carbocycles. The van der Waals surface area contributed by atoms with Gasteiger partial charge in [0.15, 0.2) is 0 Å². The minimum atomic E-state index is -0.313. The third kappa shape index (κ3) is 2.22. The maximum absolute atomic E-state index is 12.5. The van der Waals surface area contributed by atoms with Crippen molar-refractivity contribution >= 4 is 5.91 Å². The zero-order chi connectivity index (χ0) is 14.3. The number of piperidine rings is 1. The minimum Gasteiger partial charge on any atom is -0.507 e. The molecule has 5 nitrogen and oxygen atoms in total. The van der Waals surface area contributed by atoms with E-state index in [0.29, 0.717) is 12.1 Å². The van der Waals surface area contributed by atoms with E-state index in [1.54, 1.807) is 11.9 Å². The van der Waals surface area contributed by atoms with Gasteiger partial charge in [-0.15, -0.1) is 0 Å². The van der Waals surface area contributed by atoms with E-state index < -0.39 is 0 Å². The van der Waals surface area contributed by atoms with Gasteiger partial charge in [-0.3, -0.25) is 4.79 Å². The molecular weight excluding hydrogens is 256 g/mol. The molecule has 2 fully saturated rings. The van der Waals surface area contributed by atoms with Crippen LogP contribution in [0.4, 0.5) is 0 Å². The van der Waals surface area contributed by atoms with Crippen LogP contribution in [-0.4, -0.2) is 46.2 Å². The number of hydrogen-bond donors (Lipinski definition) is 3. The predicted molar refractivity (Wildman–Crippen MR) is 74.8 cm³/mol. The number of amides is 1. The first-order chi connectivity index (χ1) is 9.56. The Labute approximate surface area is 118 Å². The van der Waals surface area contributed by atoms with Crippen molar-refractivity contribution in [1.29, 1.82) is 0 Å². The first-order valence-corrected chi connectivity index (χ1v) is 7.10. The SMILES string of the molecule is CN(C(=O)c1c(O)cccc1O)C1CC2CCC(C1)N2. The maximum Gasteiger partial charge on any atom is 0.261 e. The third-order valence-electron chi connectivity index (χ3n) is 4.55. The molecule has 2 aliphatic heterocycles. The first kappa shape index (κ1) is 13.2. The van der Waals surface area contributed by atoms with Crippen molar-refractivity contribution in [2.24, 2.45) is 0 Å². The molecule has 0 radical (unpaired) electrons. The molecule has 108 valence electrons. The molecule has 0 spiro atoms. The van der Waals surface area contributed by atoms with Gasteiger partial charge in [0.25, 0.3) is 5.91 Å². The van der Waals surface area contributed by atoms with Gasteiger partial charge in [-0.25, -0.2) is 0 Å². The summed E-state index contributed by atoms with van der Waals surface area (Å²) < 4.78 is 0. The molecule has 2 bridgehead atoms. The Morgan fingerprint density at radius 1 is 1.20 bits per heavy atom. The summed E-state index contributed by atoms with van der Waals surface area (Å²) >= 11 is 0. The van der Waals surface area contributed by atoms with Gasteiger partial charge in [0.2, 0.25) is 0 Å². The highest BCUT2D eigenvalue weighted by Gasteiger charge is 2.37. The average Bonchev–Trinajstić information content (AvgIpc) is 2.76. The Hall–Kier alpha value is -1.75. The number of nitrogens with one attached hydrogen (secondary N) is 1. The summed E-state index contributed by atoms with van der Waals surface area (Å²) in [5.41, 5.74) is 0.000814. The maximum atomic E-state index is 12.5. The van der Waals surface area contributed by atoms with Crippen LogP contribution < -0.4 is 5.32 Å². The lowest BCUT2D eigenvalue weighted by Crippen LogP contribution is -2.48. The summed E-state index contributed by atoms with van der Waals surface area (Å²) in [6, 6.07) is 5.52. The van der Waals surface area contributed by atoms with Crippen LogP contribution in [0.25, 0.3) is 0 Å². The molecule has 20 heavy (non-hydrogen) atoms. The number of benzene rings is 1. The molecule has 2 unspecified atom stereocenters. The van der Waals surface area contributed by atoms with Crippen LogP contribution in [0.2, 0.25) is 0 Å². The third-order valence-corrected chi connectivity index (χ3v) is 4.55. The second-order valence-corrected chi connectivity index (χ2v) is 5.85. The summed E-state index contributed by atoms with van der Waals surface area (Å²) in [6.45, 7) is 0. The van der Waals surface area contributed by atoms with Crippen LogP contribution in [0.1, 0.15) is 36.0 Å². The number of phenolic OH excluding ortho intramolecular Hbond substituents is 2. The number of fused-ring (bicyclic) bond motifs is 2. The summed E-state index contributed by atoms with van der Waals surface area (Å²) in [5.74, 6) is -0.649. The Morgan fingerprint density at radius 2 is 1.75 bits per heavy atom. The molecule has 1 aromatic rings. The lowest BCUT2D eigenvalue weighted by atomic mass is 9.97. The number of rotatable bonds is 2. The van der Waals surface area contributed by atoms with Gasteiger partial charge in [0.1, 0.15) is 17.1 Å². The normalized spacial score (nSPS) is 28.4. The van der Waals surface area contributed by atoms with E-state index in [0.717, 1.165) is 12.8 Å². The van der Waals surface area contributed by atoms with Crippen molar-refractivity contribution in [1.82, 2.24) is 10.2 Å². The number of carbonyl (C=O) groups excluding carboxylic acids is 1. The molecule has 1 amide bonds. The Bertz CT molecular complexity index is 500. The second-order valence-electron chi connectivity index (χ2n) is 5.85. The van der Waals surface area contributed by atoms with Crippen molar-refractivity contribution in [2.45, 2.75) is 43.8 Å². The molecule has 0 aromatic heterocycles. The molecule has 2 heterocycles. The van der Waals surface area contributed by atoms with Crippen molar-refractivity contribution in [3.63, 3.8) is 0 Å². The molecule has 2 saturated heterocycles. The lowest BCUT2D eigenvalue weighted by Gasteiger charge is -2.35. The van der Waals surface area contributed by atoms with Crippen molar-refractivity contribution in [2.75, 3.05) is 7.05 Å². The van der Waals surface area contributed by atoms with Gasteiger partial charge in [-0.05, 0) is 37.8 Å². The molecule has 0 saturated carbocycles. The van der Waals surface area contributed by atoms with Crippen LogP contribution >= 0.6 is 0 Å². The molecule has 5 heteroatoms. The summed E-state index contributed by atoms with van der Waals surface area (Å²) in [4.78, 5) is 14.2. The van der Waals surface area contributed by atoms with E-state index in [-0.39, 0.29) is 29.0 Å². The molecule has 2 atom stereocenters.